The molecule has 5 nitrogen and oxygen atoms in total. The van der Waals surface area contributed by atoms with Gasteiger partial charge in [0.15, 0.2) is 6.61 Å². The zero-order valence-corrected chi connectivity index (χ0v) is 14.7. The normalized spacial score (nSPS) is 10.7. The highest BCUT2D eigenvalue weighted by atomic mass is 35.5. The van der Waals surface area contributed by atoms with Crippen LogP contribution in [0.25, 0.3) is 11.5 Å². The Morgan fingerprint density at radius 1 is 0.958 bits per heavy atom. The maximum Gasteiger partial charge on any atom is 0.254 e. The predicted molar refractivity (Wildman–Crippen MR) is 92.1 cm³/mol. The second-order valence-electron chi connectivity index (χ2n) is 4.71. The molecule has 0 bridgehead atoms. The fraction of sp³-hybridized carbons (Fsp3) is 0.125. The standard InChI is InChI=1S/C16H11Cl3N2O3/c1-22-10-4-2-9(3-5-10)16-21-20-15(24-16)8-23-14-7-12(18)11(17)6-13(14)19/h2-7H,8H2,1H3. The van der Waals surface area contributed by atoms with Gasteiger partial charge in [-0.3, -0.25) is 0 Å². The van der Waals surface area contributed by atoms with E-state index in [0.29, 0.717) is 32.6 Å². The number of methoxy groups -OCH3 is 1. The van der Waals surface area contributed by atoms with Gasteiger partial charge in [0.05, 0.1) is 22.2 Å². The van der Waals surface area contributed by atoms with Crippen molar-refractivity contribution in [2.75, 3.05) is 7.11 Å². The third kappa shape index (κ3) is 3.75. The van der Waals surface area contributed by atoms with Crippen LogP contribution >= 0.6 is 34.8 Å². The Morgan fingerprint density at radius 2 is 1.67 bits per heavy atom. The van der Waals surface area contributed by atoms with Crippen molar-refractivity contribution in [3.05, 3.63) is 57.4 Å². The zero-order chi connectivity index (χ0) is 17.1. The molecule has 1 aromatic heterocycles. The summed E-state index contributed by atoms with van der Waals surface area (Å²) in [6, 6.07) is 10.3. The largest absolute Gasteiger partial charge is 0.497 e. The molecule has 0 aliphatic rings. The van der Waals surface area contributed by atoms with E-state index in [1.54, 1.807) is 7.11 Å². The topological polar surface area (TPSA) is 57.4 Å². The number of rotatable bonds is 5. The van der Waals surface area contributed by atoms with Gasteiger partial charge in [-0.05, 0) is 30.3 Å². The molecule has 8 heteroatoms. The lowest BCUT2D eigenvalue weighted by atomic mass is 10.2. The minimum atomic E-state index is 0.0564. The SMILES string of the molecule is COc1ccc(-c2nnc(COc3cc(Cl)c(Cl)cc3Cl)o2)cc1. The highest BCUT2D eigenvalue weighted by Gasteiger charge is 2.12. The van der Waals surface area contributed by atoms with Gasteiger partial charge >= 0.3 is 0 Å². The van der Waals surface area contributed by atoms with Crippen LogP contribution in [0, 0.1) is 0 Å². The van der Waals surface area contributed by atoms with Gasteiger partial charge < -0.3 is 13.9 Å². The molecular formula is C16H11Cl3N2O3. The zero-order valence-electron chi connectivity index (χ0n) is 12.4. The fourth-order valence-corrected chi connectivity index (χ4v) is 2.51. The molecule has 124 valence electrons. The summed E-state index contributed by atoms with van der Waals surface area (Å²) in [7, 11) is 1.60. The first kappa shape index (κ1) is 16.9. The maximum atomic E-state index is 6.05. The molecule has 1 heterocycles. The molecule has 0 saturated carbocycles. The first-order chi connectivity index (χ1) is 11.6. The van der Waals surface area contributed by atoms with Crippen LogP contribution in [0.5, 0.6) is 11.5 Å². The number of benzene rings is 2. The van der Waals surface area contributed by atoms with E-state index in [2.05, 4.69) is 10.2 Å². The third-order valence-electron chi connectivity index (χ3n) is 3.13. The van der Waals surface area contributed by atoms with Crippen LogP contribution in [0.4, 0.5) is 0 Å². The number of aromatic nitrogens is 2. The Morgan fingerprint density at radius 3 is 2.38 bits per heavy atom. The molecule has 0 N–H and O–H groups in total. The summed E-state index contributed by atoms with van der Waals surface area (Å²) in [5.41, 5.74) is 0.780. The maximum absolute atomic E-state index is 6.05. The second-order valence-corrected chi connectivity index (χ2v) is 5.94. The summed E-state index contributed by atoms with van der Waals surface area (Å²) in [5, 5.41) is 8.98. The molecule has 2 aromatic carbocycles. The number of halogens is 3. The average molecular weight is 386 g/mol. The molecule has 0 unspecified atom stereocenters. The van der Waals surface area contributed by atoms with Crippen LogP contribution < -0.4 is 9.47 Å². The quantitative estimate of drug-likeness (QED) is 0.559. The smallest absolute Gasteiger partial charge is 0.254 e. The van der Waals surface area contributed by atoms with E-state index >= 15 is 0 Å². The molecule has 0 spiro atoms. The van der Waals surface area contributed by atoms with Gasteiger partial charge in [0.1, 0.15) is 11.5 Å². The minimum Gasteiger partial charge on any atom is -0.497 e. The van der Waals surface area contributed by atoms with E-state index < -0.39 is 0 Å². The molecule has 0 amide bonds. The fourth-order valence-electron chi connectivity index (χ4n) is 1.92. The lowest BCUT2D eigenvalue weighted by Gasteiger charge is -2.07. The highest BCUT2D eigenvalue weighted by Crippen LogP contribution is 2.34. The number of hydrogen-bond acceptors (Lipinski definition) is 5. The van der Waals surface area contributed by atoms with Gasteiger partial charge in [0, 0.05) is 11.6 Å². The number of nitrogens with zero attached hydrogens (tertiary/aromatic N) is 2. The molecule has 0 aliphatic heterocycles. The van der Waals surface area contributed by atoms with Crippen molar-refractivity contribution in [3.8, 4) is 23.0 Å². The van der Waals surface area contributed by atoms with Crippen LogP contribution in [0.3, 0.4) is 0 Å². The van der Waals surface area contributed by atoms with Gasteiger partial charge in [0.2, 0.25) is 5.89 Å². The summed E-state index contributed by atoms with van der Waals surface area (Å²) < 4.78 is 16.2. The van der Waals surface area contributed by atoms with Crippen molar-refractivity contribution >= 4 is 34.8 Å². The highest BCUT2D eigenvalue weighted by molar-refractivity contribution is 6.43. The molecule has 24 heavy (non-hydrogen) atoms. The van der Waals surface area contributed by atoms with Crippen molar-refractivity contribution < 1.29 is 13.9 Å². The van der Waals surface area contributed by atoms with Crippen LogP contribution in [0.2, 0.25) is 15.1 Å². The molecule has 3 aromatic rings. The van der Waals surface area contributed by atoms with Crippen LogP contribution in [-0.4, -0.2) is 17.3 Å². The van der Waals surface area contributed by atoms with Crippen LogP contribution in [0.1, 0.15) is 5.89 Å². The Bertz CT molecular complexity index is 850. The molecular weight excluding hydrogens is 375 g/mol. The first-order valence-electron chi connectivity index (χ1n) is 6.81. The number of ether oxygens (including phenoxy) is 2. The second kappa shape index (κ2) is 7.30. The Kier molecular flexibility index (Phi) is 5.14. The Balaban J connectivity index is 1.71. The molecule has 0 fully saturated rings. The van der Waals surface area contributed by atoms with Crippen molar-refractivity contribution in [2.45, 2.75) is 6.61 Å². The van der Waals surface area contributed by atoms with E-state index in [9.17, 15) is 0 Å². The summed E-state index contributed by atoms with van der Waals surface area (Å²) >= 11 is 17.9. The lowest BCUT2D eigenvalue weighted by molar-refractivity contribution is 0.264. The van der Waals surface area contributed by atoms with Crippen LogP contribution in [-0.2, 0) is 6.61 Å². The Hall–Kier alpha value is -1.95. The summed E-state index contributed by atoms with van der Waals surface area (Å²) in [4.78, 5) is 0. The summed E-state index contributed by atoms with van der Waals surface area (Å²) in [6.45, 7) is 0.0564. The van der Waals surface area contributed by atoms with Gasteiger partial charge in [-0.1, -0.05) is 34.8 Å². The van der Waals surface area contributed by atoms with E-state index in [-0.39, 0.29) is 6.61 Å². The monoisotopic (exact) mass is 384 g/mol. The summed E-state index contributed by atoms with van der Waals surface area (Å²) in [5.74, 6) is 1.82. The van der Waals surface area contributed by atoms with E-state index in [1.807, 2.05) is 24.3 Å². The Labute approximate surface area is 153 Å². The van der Waals surface area contributed by atoms with Gasteiger partial charge in [0.25, 0.3) is 5.89 Å². The number of hydrogen-bond donors (Lipinski definition) is 0. The minimum absolute atomic E-state index is 0.0564. The van der Waals surface area contributed by atoms with Gasteiger partial charge in [-0.25, -0.2) is 0 Å². The lowest BCUT2D eigenvalue weighted by Crippen LogP contribution is -1.96. The van der Waals surface area contributed by atoms with Crippen molar-refractivity contribution in [1.82, 2.24) is 10.2 Å². The van der Waals surface area contributed by atoms with E-state index in [0.717, 1.165) is 11.3 Å². The summed E-state index contributed by atoms with van der Waals surface area (Å²) in [6.07, 6.45) is 0. The molecule has 3 rings (SSSR count). The van der Waals surface area contributed by atoms with Crippen molar-refractivity contribution in [2.24, 2.45) is 0 Å². The molecule has 0 saturated heterocycles. The van der Waals surface area contributed by atoms with Gasteiger partial charge in [-0.15, -0.1) is 10.2 Å². The average Bonchev–Trinajstić information content (AvgIpc) is 3.06. The van der Waals surface area contributed by atoms with Gasteiger partial charge in [-0.2, -0.15) is 0 Å². The molecule has 0 atom stereocenters. The van der Waals surface area contributed by atoms with E-state index in [1.165, 1.54) is 12.1 Å². The predicted octanol–water partition coefficient (Wildman–Crippen LogP) is 5.28. The first-order valence-corrected chi connectivity index (χ1v) is 7.94. The van der Waals surface area contributed by atoms with Crippen molar-refractivity contribution in [3.63, 3.8) is 0 Å². The van der Waals surface area contributed by atoms with Crippen LogP contribution in [0.15, 0.2) is 40.8 Å². The molecule has 0 aliphatic carbocycles. The third-order valence-corrected chi connectivity index (χ3v) is 4.15. The van der Waals surface area contributed by atoms with Crippen molar-refractivity contribution in [1.29, 1.82) is 0 Å². The molecule has 0 radical (unpaired) electrons. The van der Waals surface area contributed by atoms with E-state index in [4.69, 9.17) is 48.7 Å².